The summed E-state index contributed by atoms with van der Waals surface area (Å²) >= 11 is 11.9. The van der Waals surface area contributed by atoms with Crippen LogP contribution in [-0.4, -0.2) is 35.8 Å². The largest absolute Gasteiger partial charge is 0.332 e. The molecule has 1 aromatic carbocycles. The second-order valence-electron chi connectivity index (χ2n) is 4.29. The van der Waals surface area contributed by atoms with E-state index in [-0.39, 0.29) is 30.8 Å². The van der Waals surface area contributed by atoms with E-state index >= 15 is 0 Å². The van der Waals surface area contributed by atoms with Crippen LogP contribution in [-0.2, 0) is 9.59 Å². The summed E-state index contributed by atoms with van der Waals surface area (Å²) in [5.74, 6) is -0.663. The Bertz CT molecular complexity index is 489. The molecule has 3 N–H and O–H groups in total. The number of anilines is 1. The number of rotatable bonds is 5. The van der Waals surface area contributed by atoms with Gasteiger partial charge in [-0.15, -0.1) is 12.4 Å². The van der Waals surface area contributed by atoms with E-state index in [0.29, 0.717) is 22.3 Å². The summed E-state index contributed by atoms with van der Waals surface area (Å²) in [7, 11) is 0. The van der Waals surface area contributed by atoms with E-state index in [4.69, 9.17) is 28.9 Å². The Kier molecular flexibility index (Phi) is 8.66. The van der Waals surface area contributed by atoms with Crippen molar-refractivity contribution in [2.45, 2.75) is 19.9 Å². The highest BCUT2D eigenvalue weighted by molar-refractivity contribution is 6.39. The molecule has 1 atom stereocenters. The Morgan fingerprint density at radius 1 is 1.33 bits per heavy atom. The van der Waals surface area contributed by atoms with Crippen molar-refractivity contribution in [1.29, 1.82) is 0 Å². The summed E-state index contributed by atoms with van der Waals surface area (Å²) < 4.78 is 0. The number of hydrogen-bond donors (Lipinski definition) is 2. The van der Waals surface area contributed by atoms with Crippen molar-refractivity contribution in [3.05, 3.63) is 28.2 Å². The molecule has 0 fully saturated rings. The highest BCUT2D eigenvalue weighted by atomic mass is 35.5. The van der Waals surface area contributed by atoms with E-state index in [1.165, 1.54) is 4.90 Å². The molecule has 21 heavy (non-hydrogen) atoms. The van der Waals surface area contributed by atoms with Gasteiger partial charge in [-0.1, -0.05) is 29.3 Å². The minimum Gasteiger partial charge on any atom is -0.332 e. The Morgan fingerprint density at radius 2 is 1.86 bits per heavy atom. The Morgan fingerprint density at radius 3 is 2.29 bits per heavy atom. The molecule has 0 aliphatic carbocycles. The first-order valence-corrected chi connectivity index (χ1v) is 6.90. The molecular weight excluding hydrogens is 337 g/mol. The predicted molar refractivity (Wildman–Crippen MR) is 88.2 cm³/mol. The Labute approximate surface area is 140 Å². The number of amides is 2. The maximum absolute atomic E-state index is 12.0. The average Bonchev–Trinajstić information content (AvgIpc) is 2.39. The first kappa shape index (κ1) is 20.0. The lowest BCUT2D eigenvalue weighted by atomic mass is 10.3. The summed E-state index contributed by atoms with van der Waals surface area (Å²) in [5, 5.41) is 3.28. The zero-order chi connectivity index (χ0) is 15.3. The molecule has 0 aromatic heterocycles. The summed E-state index contributed by atoms with van der Waals surface area (Å²) in [6.45, 7) is 3.65. The van der Waals surface area contributed by atoms with Gasteiger partial charge >= 0.3 is 0 Å². The molecule has 0 spiro atoms. The zero-order valence-electron chi connectivity index (χ0n) is 11.7. The van der Waals surface area contributed by atoms with E-state index in [1.54, 1.807) is 32.0 Å². The summed E-state index contributed by atoms with van der Waals surface area (Å²) in [4.78, 5) is 25.1. The lowest BCUT2D eigenvalue weighted by Crippen LogP contribution is -2.45. The van der Waals surface area contributed by atoms with Crippen LogP contribution in [0.4, 0.5) is 5.69 Å². The molecule has 118 valence electrons. The highest BCUT2D eigenvalue weighted by Crippen LogP contribution is 2.29. The molecule has 0 aliphatic rings. The van der Waals surface area contributed by atoms with E-state index in [2.05, 4.69) is 5.32 Å². The molecule has 0 aliphatic heterocycles. The topological polar surface area (TPSA) is 75.4 Å². The molecule has 0 radical (unpaired) electrons. The lowest BCUT2D eigenvalue weighted by molar-refractivity contribution is -0.135. The number of para-hydroxylation sites is 1. The molecule has 0 unspecified atom stereocenters. The van der Waals surface area contributed by atoms with Crippen LogP contribution < -0.4 is 11.1 Å². The van der Waals surface area contributed by atoms with Gasteiger partial charge < -0.3 is 16.0 Å². The Hall–Kier alpha value is -1.01. The van der Waals surface area contributed by atoms with Crippen molar-refractivity contribution in [3.63, 3.8) is 0 Å². The molecule has 5 nitrogen and oxygen atoms in total. The number of nitrogens with two attached hydrogens (primary N) is 1. The molecule has 8 heteroatoms. The van der Waals surface area contributed by atoms with Gasteiger partial charge in [-0.3, -0.25) is 9.59 Å². The van der Waals surface area contributed by atoms with Crippen LogP contribution in [0.15, 0.2) is 18.2 Å². The summed E-state index contributed by atoms with van der Waals surface area (Å²) in [6.07, 6.45) is 0. The quantitative estimate of drug-likeness (QED) is 0.853. The van der Waals surface area contributed by atoms with Gasteiger partial charge in [-0.2, -0.15) is 0 Å². The fourth-order valence-corrected chi connectivity index (χ4v) is 2.10. The second-order valence-corrected chi connectivity index (χ2v) is 5.10. The van der Waals surface area contributed by atoms with E-state index in [9.17, 15) is 9.59 Å². The van der Waals surface area contributed by atoms with E-state index in [0.717, 1.165) is 0 Å². The first-order chi connectivity index (χ1) is 9.36. The predicted octanol–water partition coefficient (Wildman–Crippen LogP) is 2.55. The minimum absolute atomic E-state index is 0. The van der Waals surface area contributed by atoms with Crippen molar-refractivity contribution < 1.29 is 9.59 Å². The smallest absolute Gasteiger partial charge is 0.244 e. The summed E-state index contributed by atoms with van der Waals surface area (Å²) in [6, 6.07) is 4.27. The molecule has 0 heterocycles. The SMILES string of the molecule is CCN(CC(=O)Nc1c(Cl)cccc1Cl)C(=O)[C@@H](C)N.Cl. The Balaban J connectivity index is 0.00000400. The van der Waals surface area contributed by atoms with Gasteiger partial charge in [0.25, 0.3) is 0 Å². The number of nitrogens with one attached hydrogen (secondary N) is 1. The molecule has 1 aromatic rings. The molecule has 0 bridgehead atoms. The van der Waals surface area contributed by atoms with E-state index in [1.807, 2.05) is 0 Å². The monoisotopic (exact) mass is 353 g/mol. The third kappa shape index (κ3) is 5.71. The van der Waals surface area contributed by atoms with Gasteiger partial charge in [0, 0.05) is 6.54 Å². The molecule has 2 amide bonds. The van der Waals surface area contributed by atoms with Crippen molar-refractivity contribution in [2.75, 3.05) is 18.4 Å². The highest BCUT2D eigenvalue weighted by Gasteiger charge is 2.19. The number of nitrogens with zero attached hydrogens (tertiary/aromatic N) is 1. The van der Waals surface area contributed by atoms with Crippen LogP contribution in [0.3, 0.4) is 0 Å². The van der Waals surface area contributed by atoms with Crippen molar-refractivity contribution in [3.8, 4) is 0 Å². The van der Waals surface area contributed by atoms with Crippen molar-refractivity contribution in [1.82, 2.24) is 4.90 Å². The van der Waals surface area contributed by atoms with Crippen LogP contribution in [0.2, 0.25) is 10.0 Å². The molecule has 1 rings (SSSR count). The number of likely N-dealkylation sites (N-methyl/N-ethyl adjacent to an activating group) is 1. The lowest BCUT2D eigenvalue weighted by Gasteiger charge is -2.22. The maximum Gasteiger partial charge on any atom is 0.244 e. The molecule has 0 saturated heterocycles. The zero-order valence-corrected chi connectivity index (χ0v) is 14.1. The average molecular weight is 355 g/mol. The van der Waals surface area contributed by atoms with Crippen molar-refractivity contribution in [2.24, 2.45) is 5.73 Å². The molecular formula is C13H18Cl3N3O2. The van der Waals surface area contributed by atoms with Gasteiger partial charge in [-0.05, 0) is 26.0 Å². The number of hydrogen-bond acceptors (Lipinski definition) is 3. The van der Waals surface area contributed by atoms with Crippen LogP contribution >= 0.6 is 35.6 Å². The van der Waals surface area contributed by atoms with Crippen LogP contribution in [0.25, 0.3) is 0 Å². The first-order valence-electron chi connectivity index (χ1n) is 6.15. The van der Waals surface area contributed by atoms with Gasteiger partial charge in [0.2, 0.25) is 11.8 Å². The number of halogens is 3. The van der Waals surface area contributed by atoms with Crippen LogP contribution in [0, 0.1) is 0 Å². The summed E-state index contributed by atoms with van der Waals surface area (Å²) in [5.41, 5.74) is 5.86. The third-order valence-electron chi connectivity index (χ3n) is 2.64. The fraction of sp³-hybridized carbons (Fsp3) is 0.385. The second kappa shape index (κ2) is 9.10. The van der Waals surface area contributed by atoms with Gasteiger partial charge in [0.1, 0.15) is 0 Å². The fourth-order valence-electron chi connectivity index (χ4n) is 1.60. The van der Waals surface area contributed by atoms with Gasteiger partial charge in [-0.25, -0.2) is 0 Å². The van der Waals surface area contributed by atoms with Gasteiger partial charge in [0.05, 0.1) is 28.3 Å². The number of carbonyl (C=O) groups excluding carboxylic acids is 2. The maximum atomic E-state index is 12.0. The third-order valence-corrected chi connectivity index (χ3v) is 3.27. The van der Waals surface area contributed by atoms with E-state index < -0.39 is 6.04 Å². The minimum atomic E-state index is -0.647. The number of benzene rings is 1. The number of carbonyl (C=O) groups is 2. The van der Waals surface area contributed by atoms with Crippen LogP contribution in [0.5, 0.6) is 0 Å². The molecule has 0 saturated carbocycles. The van der Waals surface area contributed by atoms with Gasteiger partial charge in [0.15, 0.2) is 0 Å². The van der Waals surface area contributed by atoms with Crippen LogP contribution in [0.1, 0.15) is 13.8 Å². The standard InChI is InChI=1S/C13H17Cl2N3O2.ClH/c1-3-18(13(20)8(2)16)7-11(19)17-12-9(14)5-4-6-10(12)15;/h4-6,8H,3,7,16H2,1-2H3,(H,17,19);1H/t8-;/m1./s1. The normalized spacial score (nSPS) is 11.3. The van der Waals surface area contributed by atoms with Crippen molar-refractivity contribution >= 4 is 53.1 Å².